The van der Waals surface area contributed by atoms with Gasteiger partial charge in [0.05, 0.1) is 17.7 Å². The first kappa shape index (κ1) is 16.4. The predicted octanol–water partition coefficient (Wildman–Crippen LogP) is 3.09. The van der Waals surface area contributed by atoms with Crippen LogP contribution >= 0.6 is 0 Å². The number of carbonyl (C=O) groups is 1. The molecule has 0 aromatic heterocycles. The average Bonchev–Trinajstić information content (AvgIpc) is 2.55. The average molecular weight is 316 g/mol. The molecule has 0 aliphatic rings. The maximum atomic E-state index is 13.2. The Kier molecular flexibility index (Phi) is 5.26. The second kappa shape index (κ2) is 7.36. The van der Waals surface area contributed by atoms with E-state index in [-0.39, 0.29) is 6.61 Å². The van der Waals surface area contributed by atoms with Crippen molar-refractivity contribution in [2.24, 2.45) is 0 Å². The van der Waals surface area contributed by atoms with Crippen LogP contribution in [0.3, 0.4) is 0 Å². The lowest BCUT2D eigenvalue weighted by Crippen LogP contribution is -2.31. The summed E-state index contributed by atoms with van der Waals surface area (Å²) in [5.41, 5.74) is 0.877. The molecule has 0 saturated carbocycles. The number of nitriles is 1. The van der Waals surface area contributed by atoms with Crippen LogP contribution in [0.4, 0.5) is 8.78 Å². The summed E-state index contributed by atoms with van der Waals surface area (Å²) >= 11 is 0. The molecular formula is C17H14F2N2O2. The first-order valence-corrected chi connectivity index (χ1v) is 6.87. The number of nitrogens with one attached hydrogen (secondary N) is 1. The van der Waals surface area contributed by atoms with E-state index in [4.69, 9.17) is 10.00 Å². The molecule has 2 aromatic rings. The van der Waals surface area contributed by atoms with Gasteiger partial charge >= 0.3 is 0 Å². The molecule has 6 heteroatoms. The largest absolute Gasteiger partial charge is 0.484 e. The minimum absolute atomic E-state index is 0.247. The Hall–Kier alpha value is -2.94. The third kappa shape index (κ3) is 4.51. The number of benzene rings is 2. The molecule has 23 heavy (non-hydrogen) atoms. The van der Waals surface area contributed by atoms with Crippen molar-refractivity contribution in [3.8, 4) is 11.8 Å². The molecule has 1 unspecified atom stereocenters. The summed E-state index contributed by atoms with van der Waals surface area (Å²) in [6.45, 7) is 1.41. The first-order valence-electron chi connectivity index (χ1n) is 6.87. The van der Waals surface area contributed by atoms with Crippen LogP contribution in [0.25, 0.3) is 0 Å². The van der Waals surface area contributed by atoms with Gasteiger partial charge < -0.3 is 10.1 Å². The highest BCUT2D eigenvalue weighted by atomic mass is 19.2. The van der Waals surface area contributed by atoms with Crippen molar-refractivity contribution in [2.75, 3.05) is 6.61 Å². The van der Waals surface area contributed by atoms with Gasteiger partial charge in [-0.05, 0) is 42.8 Å². The summed E-state index contributed by atoms with van der Waals surface area (Å²) in [5.74, 6) is -1.91. The lowest BCUT2D eigenvalue weighted by atomic mass is 10.1. The van der Waals surface area contributed by atoms with Gasteiger partial charge in [0.25, 0.3) is 5.91 Å². The number of hydrogen-bond donors (Lipinski definition) is 1. The number of ether oxygens (including phenoxy) is 1. The van der Waals surface area contributed by atoms with Crippen molar-refractivity contribution in [3.05, 3.63) is 65.2 Å². The minimum Gasteiger partial charge on any atom is -0.484 e. The zero-order valence-electron chi connectivity index (χ0n) is 12.3. The fourth-order valence-electron chi connectivity index (χ4n) is 1.95. The quantitative estimate of drug-likeness (QED) is 0.922. The first-order chi connectivity index (χ1) is 11.0. The standard InChI is InChI=1S/C17H14F2N2O2/c1-11(13-5-6-15(18)16(19)8-13)21-17(22)10-23-14-4-2-3-12(7-14)9-20/h2-8,11H,10H2,1H3,(H,21,22). The van der Waals surface area contributed by atoms with Gasteiger partial charge in [0.15, 0.2) is 18.2 Å². The molecule has 2 aromatic carbocycles. The van der Waals surface area contributed by atoms with E-state index in [0.29, 0.717) is 16.9 Å². The van der Waals surface area contributed by atoms with Crippen molar-refractivity contribution in [2.45, 2.75) is 13.0 Å². The second-order valence-corrected chi connectivity index (χ2v) is 4.89. The number of nitrogens with zero attached hydrogens (tertiary/aromatic N) is 1. The number of carbonyl (C=O) groups excluding carboxylic acids is 1. The van der Waals surface area contributed by atoms with Crippen LogP contribution in [0.15, 0.2) is 42.5 Å². The van der Waals surface area contributed by atoms with Crippen LogP contribution in [0, 0.1) is 23.0 Å². The molecule has 4 nitrogen and oxygen atoms in total. The van der Waals surface area contributed by atoms with Gasteiger partial charge in [-0.3, -0.25) is 4.79 Å². The van der Waals surface area contributed by atoms with Crippen molar-refractivity contribution >= 4 is 5.91 Å². The number of rotatable bonds is 5. The van der Waals surface area contributed by atoms with Crippen molar-refractivity contribution in [1.29, 1.82) is 5.26 Å². The van der Waals surface area contributed by atoms with E-state index in [1.165, 1.54) is 12.1 Å². The van der Waals surface area contributed by atoms with Crippen LogP contribution in [0.1, 0.15) is 24.1 Å². The van der Waals surface area contributed by atoms with E-state index >= 15 is 0 Å². The van der Waals surface area contributed by atoms with E-state index in [0.717, 1.165) is 12.1 Å². The highest BCUT2D eigenvalue weighted by molar-refractivity contribution is 5.78. The number of halogens is 2. The summed E-state index contributed by atoms with van der Waals surface area (Å²) < 4.78 is 31.4. The zero-order valence-corrected chi connectivity index (χ0v) is 12.3. The fraction of sp³-hybridized carbons (Fsp3) is 0.176. The fourth-order valence-corrected chi connectivity index (χ4v) is 1.95. The van der Waals surface area contributed by atoms with Crippen LogP contribution in [-0.2, 0) is 4.79 Å². The van der Waals surface area contributed by atoms with Crippen LogP contribution in [0.5, 0.6) is 5.75 Å². The second-order valence-electron chi connectivity index (χ2n) is 4.89. The van der Waals surface area contributed by atoms with Gasteiger partial charge in [0, 0.05) is 0 Å². The molecule has 118 valence electrons. The highest BCUT2D eigenvalue weighted by Crippen LogP contribution is 2.16. The van der Waals surface area contributed by atoms with E-state index in [1.807, 2.05) is 6.07 Å². The maximum Gasteiger partial charge on any atom is 0.258 e. The molecule has 0 bridgehead atoms. The molecule has 0 saturated heterocycles. The SMILES string of the molecule is CC(NC(=O)COc1cccc(C#N)c1)c1ccc(F)c(F)c1. The Morgan fingerprint density at radius 2 is 2.04 bits per heavy atom. The van der Waals surface area contributed by atoms with Crippen LogP contribution < -0.4 is 10.1 Å². The topological polar surface area (TPSA) is 62.1 Å². The third-order valence-corrected chi connectivity index (χ3v) is 3.15. The lowest BCUT2D eigenvalue weighted by Gasteiger charge is -2.15. The van der Waals surface area contributed by atoms with Gasteiger partial charge in [-0.1, -0.05) is 12.1 Å². The molecule has 2 rings (SSSR count). The van der Waals surface area contributed by atoms with Crippen molar-refractivity contribution in [3.63, 3.8) is 0 Å². The van der Waals surface area contributed by atoms with Gasteiger partial charge in [-0.2, -0.15) is 5.26 Å². The van der Waals surface area contributed by atoms with Gasteiger partial charge in [-0.25, -0.2) is 8.78 Å². The normalized spacial score (nSPS) is 11.4. The van der Waals surface area contributed by atoms with Crippen molar-refractivity contribution in [1.82, 2.24) is 5.32 Å². The molecule has 0 spiro atoms. The smallest absolute Gasteiger partial charge is 0.258 e. The number of amides is 1. The Bertz CT molecular complexity index is 756. The molecule has 0 fully saturated rings. The molecule has 1 amide bonds. The monoisotopic (exact) mass is 316 g/mol. The minimum atomic E-state index is -0.965. The summed E-state index contributed by atoms with van der Waals surface area (Å²) in [5, 5.41) is 11.4. The molecule has 1 N–H and O–H groups in total. The summed E-state index contributed by atoms with van der Waals surface area (Å²) in [7, 11) is 0. The summed E-state index contributed by atoms with van der Waals surface area (Å²) in [6.07, 6.45) is 0. The van der Waals surface area contributed by atoms with E-state index in [2.05, 4.69) is 5.32 Å². The Morgan fingerprint density at radius 1 is 1.26 bits per heavy atom. The molecule has 0 aliphatic carbocycles. The maximum absolute atomic E-state index is 13.2. The Morgan fingerprint density at radius 3 is 2.74 bits per heavy atom. The van der Waals surface area contributed by atoms with Gasteiger partial charge in [0.2, 0.25) is 0 Å². The summed E-state index contributed by atoms with van der Waals surface area (Å²) in [4.78, 5) is 11.8. The zero-order chi connectivity index (χ0) is 16.8. The Balaban J connectivity index is 1.91. The Labute approximate surface area is 132 Å². The number of hydrogen-bond acceptors (Lipinski definition) is 3. The highest BCUT2D eigenvalue weighted by Gasteiger charge is 2.12. The van der Waals surface area contributed by atoms with Crippen LogP contribution in [0.2, 0.25) is 0 Å². The van der Waals surface area contributed by atoms with Gasteiger partial charge in [-0.15, -0.1) is 0 Å². The lowest BCUT2D eigenvalue weighted by molar-refractivity contribution is -0.123. The molecule has 0 radical (unpaired) electrons. The molecule has 1 atom stereocenters. The van der Waals surface area contributed by atoms with Crippen LogP contribution in [-0.4, -0.2) is 12.5 Å². The summed E-state index contributed by atoms with van der Waals surface area (Å²) in [6, 6.07) is 11.4. The molecule has 0 heterocycles. The molecular weight excluding hydrogens is 302 g/mol. The van der Waals surface area contributed by atoms with E-state index in [9.17, 15) is 13.6 Å². The predicted molar refractivity (Wildman–Crippen MR) is 79.6 cm³/mol. The van der Waals surface area contributed by atoms with Crippen molar-refractivity contribution < 1.29 is 18.3 Å². The molecule has 0 aliphatic heterocycles. The third-order valence-electron chi connectivity index (χ3n) is 3.15. The van der Waals surface area contributed by atoms with Gasteiger partial charge in [0.1, 0.15) is 5.75 Å². The van der Waals surface area contributed by atoms with E-state index < -0.39 is 23.6 Å². The van der Waals surface area contributed by atoms with E-state index in [1.54, 1.807) is 25.1 Å².